The van der Waals surface area contributed by atoms with E-state index in [4.69, 9.17) is 21.7 Å². The molecule has 1 atom stereocenters. The molecule has 0 aliphatic heterocycles. The maximum absolute atomic E-state index is 13.0. The molecule has 144 valence electrons. The molecular formula is C19H30N3O3S+. The Morgan fingerprint density at radius 3 is 2.38 bits per heavy atom. The number of hydrogen-bond acceptors (Lipinski definition) is 4. The molecule has 2 aromatic rings. The van der Waals surface area contributed by atoms with E-state index < -0.39 is 0 Å². The van der Waals surface area contributed by atoms with E-state index in [1.54, 1.807) is 16.7 Å². The number of nitrogens with one attached hydrogen (secondary N) is 2. The quantitative estimate of drug-likeness (QED) is 0.620. The molecule has 0 spiro atoms. The Morgan fingerprint density at radius 1 is 1.12 bits per heavy atom. The number of quaternary nitrogens is 1. The molecule has 0 aliphatic carbocycles. The first-order valence-corrected chi connectivity index (χ1v) is 9.80. The Hall–Kier alpha value is -1.86. The Balaban J connectivity index is 2.39. The van der Waals surface area contributed by atoms with Crippen molar-refractivity contribution < 1.29 is 14.4 Å². The first-order chi connectivity index (χ1) is 12.5. The predicted molar refractivity (Wildman–Crippen MR) is 107 cm³/mol. The van der Waals surface area contributed by atoms with Crippen molar-refractivity contribution in [3.63, 3.8) is 0 Å². The summed E-state index contributed by atoms with van der Waals surface area (Å²) >= 11 is 5.42. The Morgan fingerprint density at radius 2 is 1.77 bits per heavy atom. The lowest BCUT2D eigenvalue weighted by atomic mass is 10.2. The number of likely N-dealkylation sites (N-methyl/N-ethyl adjacent to an activating group) is 1. The Labute approximate surface area is 159 Å². The Kier molecular flexibility index (Phi) is 7.66. The van der Waals surface area contributed by atoms with Crippen LogP contribution in [0.3, 0.4) is 0 Å². The second-order valence-corrected chi connectivity index (χ2v) is 6.79. The highest BCUT2D eigenvalue weighted by Gasteiger charge is 2.13. The van der Waals surface area contributed by atoms with Gasteiger partial charge in [0.05, 0.1) is 50.8 Å². The number of nitrogens with zero attached hydrogens (tertiary/aromatic N) is 1. The van der Waals surface area contributed by atoms with Gasteiger partial charge in [0.1, 0.15) is 0 Å². The summed E-state index contributed by atoms with van der Waals surface area (Å²) in [4.78, 5) is 17.5. The van der Waals surface area contributed by atoms with Crippen molar-refractivity contribution in [2.24, 2.45) is 0 Å². The number of rotatable bonds is 10. The predicted octanol–water partition coefficient (Wildman–Crippen LogP) is 2.17. The molecule has 2 rings (SSSR count). The summed E-state index contributed by atoms with van der Waals surface area (Å²) in [7, 11) is 2.15. The van der Waals surface area contributed by atoms with Crippen molar-refractivity contribution in [2.45, 2.75) is 40.2 Å². The van der Waals surface area contributed by atoms with E-state index in [2.05, 4.69) is 19.0 Å². The molecule has 0 amide bonds. The van der Waals surface area contributed by atoms with Crippen molar-refractivity contribution in [3.8, 4) is 11.5 Å². The van der Waals surface area contributed by atoms with Gasteiger partial charge in [0.15, 0.2) is 16.3 Å². The second kappa shape index (κ2) is 9.73. The minimum absolute atomic E-state index is 0.0870. The molecule has 1 heterocycles. The second-order valence-electron chi connectivity index (χ2n) is 6.41. The van der Waals surface area contributed by atoms with E-state index in [9.17, 15) is 4.79 Å². The average Bonchev–Trinajstić information content (AvgIpc) is 2.61. The number of hydrogen-bond donors (Lipinski definition) is 2. The van der Waals surface area contributed by atoms with E-state index in [1.165, 1.54) is 17.7 Å². The molecule has 1 aromatic heterocycles. The van der Waals surface area contributed by atoms with Crippen molar-refractivity contribution in [3.05, 3.63) is 27.3 Å². The molecule has 0 aliphatic rings. The van der Waals surface area contributed by atoms with Gasteiger partial charge in [-0.3, -0.25) is 9.36 Å². The van der Waals surface area contributed by atoms with Crippen molar-refractivity contribution in [1.82, 2.24) is 9.55 Å². The largest absolute Gasteiger partial charge is 0.490 e. The Bertz CT molecular complexity index is 844. The highest BCUT2D eigenvalue weighted by molar-refractivity contribution is 7.71. The van der Waals surface area contributed by atoms with Crippen LogP contribution in [0.4, 0.5) is 0 Å². The van der Waals surface area contributed by atoms with Gasteiger partial charge in [-0.05, 0) is 38.6 Å². The van der Waals surface area contributed by atoms with Crippen molar-refractivity contribution in [1.29, 1.82) is 0 Å². The molecule has 7 heteroatoms. The van der Waals surface area contributed by atoms with Crippen LogP contribution >= 0.6 is 12.2 Å². The molecule has 0 fully saturated rings. The van der Waals surface area contributed by atoms with Gasteiger partial charge in [0.25, 0.3) is 5.56 Å². The lowest BCUT2D eigenvalue weighted by molar-refractivity contribution is -0.880. The van der Waals surface area contributed by atoms with Gasteiger partial charge in [-0.2, -0.15) is 0 Å². The van der Waals surface area contributed by atoms with Crippen LogP contribution in [0.1, 0.15) is 33.6 Å². The normalized spacial score (nSPS) is 12.3. The fourth-order valence-corrected chi connectivity index (χ4v) is 3.19. The van der Waals surface area contributed by atoms with E-state index in [-0.39, 0.29) is 5.56 Å². The number of ether oxygens (including phenoxy) is 2. The summed E-state index contributed by atoms with van der Waals surface area (Å²) in [5.41, 5.74) is 0.589. The summed E-state index contributed by atoms with van der Waals surface area (Å²) in [6.07, 6.45) is 2.36. The molecular weight excluding hydrogens is 350 g/mol. The first kappa shape index (κ1) is 20.5. The zero-order valence-corrected chi connectivity index (χ0v) is 17.0. The lowest BCUT2D eigenvalue weighted by Gasteiger charge is -2.16. The smallest absolute Gasteiger partial charge is 0.262 e. The summed E-state index contributed by atoms with van der Waals surface area (Å²) in [5, 5.41) is 0.566. The molecule has 1 unspecified atom stereocenters. The highest BCUT2D eigenvalue weighted by atomic mass is 32.1. The summed E-state index contributed by atoms with van der Waals surface area (Å²) in [6, 6.07) is 3.55. The molecule has 26 heavy (non-hydrogen) atoms. The molecule has 2 N–H and O–H groups in total. The summed E-state index contributed by atoms with van der Waals surface area (Å²) in [6.45, 7) is 9.59. The monoisotopic (exact) mass is 380 g/mol. The summed E-state index contributed by atoms with van der Waals surface area (Å²) in [5.74, 6) is 1.20. The third-order valence-corrected chi connectivity index (χ3v) is 4.69. The number of unbranched alkanes of at least 4 members (excludes halogenated alkanes) is 1. The van der Waals surface area contributed by atoms with Crippen LogP contribution in [-0.4, -0.2) is 42.9 Å². The van der Waals surface area contributed by atoms with E-state index in [0.717, 1.165) is 13.1 Å². The van der Waals surface area contributed by atoms with Crippen LogP contribution in [0.25, 0.3) is 10.9 Å². The van der Waals surface area contributed by atoms with Crippen LogP contribution in [0.15, 0.2) is 16.9 Å². The van der Waals surface area contributed by atoms with Gasteiger partial charge < -0.3 is 19.4 Å². The van der Waals surface area contributed by atoms with Crippen molar-refractivity contribution >= 4 is 23.1 Å². The van der Waals surface area contributed by atoms with Crippen LogP contribution in [0.5, 0.6) is 11.5 Å². The SMILES string of the molecule is CCCC[NH+](C)CCn1c(=S)[nH]c2cc(OCC)c(OCC)cc2c1=O. The van der Waals surface area contributed by atoms with E-state index in [1.807, 2.05) is 13.8 Å². The molecule has 0 saturated carbocycles. The van der Waals surface area contributed by atoms with Gasteiger partial charge in [-0.15, -0.1) is 0 Å². The molecule has 0 bridgehead atoms. The zero-order chi connectivity index (χ0) is 19.1. The molecule has 0 saturated heterocycles. The van der Waals surface area contributed by atoms with Gasteiger partial charge in [0, 0.05) is 6.07 Å². The number of fused-ring (bicyclic) bond motifs is 1. The van der Waals surface area contributed by atoms with Crippen molar-refractivity contribution in [2.75, 3.05) is 33.4 Å². The minimum atomic E-state index is -0.0870. The molecule has 1 aromatic carbocycles. The third-order valence-electron chi connectivity index (χ3n) is 4.37. The van der Waals surface area contributed by atoms with Crippen LogP contribution < -0.4 is 19.9 Å². The number of H-pyrrole nitrogens is 1. The third kappa shape index (κ3) is 4.86. The number of aromatic amines is 1. The van der Waals surface area contributed by atoms with Gasteiger partial charge in [0.2, 0.25) is 0 Å². The standard InChI is InChI=1S/C19H29N3O3S/c1-5-8-9-21(4)10-11-22-18(23)14-12-16(24-6-2)17(25-7-3)13-15(14)20-19(22)26/h12-13H,5-11H2,1-4H3,(H,20,26)/p+1. The zero-order valence-electron chi connectivity index (χ0n) is 16.2. The van der Waals surface area contributed by atoms with Crippen LogP contribution in [0, 0.1) is 4.77 Å². The fraction of sp³-hybridized carbons (Fsp3) is 0.579. The van der Waals surface area contributed by atoms with Gasteiger partial charge in [-0.25, -0.2) is 0 Å². The maximum atomic E-state index is 13.0. The lowest BCUT2D eigenvalue weighted by Crippen LogP contribution is -3.09. The summed E-state index contributed by atoms with van der Waals surface area (Å²) < 4.78 is 13.4. The van der Waals surface area contributed by atoms with Crippen LogP contribution in [0.2, 0.25) is 0 Å². The van der Waals surface area contributed by atoms with E-state index >= 15 is 0 Å². The average molecular weight is 381 g/mol. The topological polar surface area (TPSA) is 60.7 Å². The van der Waals surface area contributed by atoms with Crippen LogP contribution in [-0.2, 0) is 6.54 Å². The number of benzene rings is 1. The fourth-order valence-electron chi connectivity index (χ4n) is 2.91. The molecule has 0 radical (unpaired) electrons. The minimum Gasteiger partial charge on any atom is -0.490 e. The van der Waals surface area contributed by atoms with Gasteiger partial charge >= 0.3 is 0 Å². The maximum Gasteiger partial charge on any atom is 0.262 e. The van der Waals surface area contributed by atoms with E-state index in [0.29, 0.717) is 46.9 Å². The first-order valence-electron chi connectivity index (χ1n) is 9.39. The molecule has 6 nitrogen and oxygen atoms in total. The highest BCUT2D eigenvalue weighted by Crippen LogP contribution is 2.30. The van der Waals surface area contributed by atoms with Gasteiger partial charge in [-0.1, -0.05) is 13.3 Å². The number of aromatic nitrogens is 2.